The smallest absolute Gasteiger partial charge is 0.315 e. The molecule has 5 atom stereocenters. The maximum Gasteiger partial charge on any atom is 0.315 e. The van der Waals surface area contributed by atoms with Crippen LogP contribution in [0.2, 0.25) is 0 Å². The molecule has 0 radical (unpaired) electrons. The number of urea groups is 1. The lowest BCUT2D eigenvalue weighted by Gasteiger charge is -2.38. The molecule has 2 aliphatic heterocycles. The second-order valence-corrected chi connectivity index (χ2v) is 19.0. The van der Waals surface area contributed by atoms with E-state index in [-0.39, 0.29) is 43.1 Å². The first-order valence-electron chi connectivity index (χ1n) is 18.4. The summed E-state index contributed by atoms with van der Waals surface area (Å²) in [6.07, 6.45) is 9.60. The van der Waals surface area contributed by atoms with E-state index >= 15 is 0 Å². The average molecular weight is 735 g/mol. The Hall–Kier alpha value is -3.26. The maximum atomic E-state index is 14.5. The molecule has 0 bridgehead atoms. The molecule has 288 valence electrons. The van der Waals surface area contributed by atoms with Gasteiger partial charge in [-0.05, 0) is 41.9 Å². The molecule has 3 rings (SSSR count). The number of nitrogens with one attached hydrogen (secondary N) is 4. The van der Waals surface area contributed by atoms with Crippen molar-refractivity contribution in [2.45, 2.75) is 118 Å². The zero-order valence-electron chi connectivity index (χ0n) is 31.9. The van der Waals surface area contributed by atoms with Crippen molar-refractivity contribution < 1.29 is 32.4 Å². The van der Waals surface area contributed by atoms with Crippen molar-refractivity contribution in [3.05, 3.63) is 24.8 Å². The Balaban J connectivity index is 1.88. The van der Waals surface area contributed by atoms with Crippen LogP contribution >= 0.6 is 0 Å². The summed E-state index contributed by atoms with van der Waals surface area (Å²) in [5.74, 6) is -2.38. The lowest BCUT2D eigenvalue weighted by Crippen LogP contribution is -2.62. The van der Waals surface area contributed by atoms with Crippen molar-refractivity contribution in [3.8, 4) is 0 Å². The quantitative estimate of drug-likeness (QED) is 0.148. The number of Topliss-reactive ketones (excluding diaryl/α,β-unsaturated/α-hetero) is 1. The van der Waals surface area contributed by atoms with E-state index in [1.54, 1.807) is 0 Å². The predicted molar refractivity (Wildman–Crippen MR) is 198 cm³/mol. The number of amides is 5. The van der Waals surface area contributed by atoms with E-state index in [0.717, 1.165) is 19.3 Å². The number of sulfonamides is 1. The van der Waals surface area contributed by atoms with Gasteiger partial charge in [-0.3, -0.25) is 19.2 Å². The Bertz CT molecular complexity index is 1430. The van der Waals surface area contributed by atoms with Crippen molar-refractivity contribution in [3.63, 3.8) is 0 Å². The third-order valence-corrected chi connectivity index (χ3v) is 12.0. The molecule has 0 spiro atoms. The van der Waals surface area contributed by atoms with E-state index in [1.807, 2.05) is 67.5 Å². The third-order valence-electron chi connectivity index (χ3n) is 10.1. The summed E-state index contributed by atoms with van der Waals surface area (Å²) in [6, 6.07) is -4.23. The van der Waals surface area contributed by atoms with Gasteiger partial charge < -0.3 is 26.2 Å². The van der Waals surface area contributed by atoms with Crippen molar-refractivity contribution in [1.82, 2.24) is 30.5 Å². The molecule has 0 aromatic heterocycles. The van der Waals surface area contributed by atoms with Gasteiger partial charge in [-0.25, -0.2) is 13.2 Å². The van der Waals surface area contributed by atoms with Gasteiger partial charge in [0.25, 0.3) is 5.91 Å². The molecule has 2 heterocycles. The van der Waals surface area contributed by atoms with Crippen LogP contribution in [0.3, 0.4) is 0 Å². The van der Waals surface area contributed by atoms with Gasteiger partial charge in [0.1, 0.15) is 12.1 Å². The van der Waals surface area contributed by atoms with E-state index in [2.05, 4.69) is 27.8 Å². The van der Waals surface area contributed by atoms with Gasteiger partial charge in [0.15, 0.2) is 0 Å². The molecular weight excluding hydrogens is 673 g/mol. The monoisotopic (exact) mass is 734 g/mol. The zero-order chi connectivity index (χ0) is 38.3. The summed E-state index contributed by atoms with van der Waals surface area (Å²) in [7, 11) is -3.40. The van der Waals surface area contributed by atoms with Crippen LogP contribution in [0, 0.1) is 28.6 Å². The molecule has 5 amide bonds. The molecule has 4 N–H and O–H groups in total. The van der Waals surface area contributed by atoms with Crippen molar-refractivity contribution in [2.24, 2.45) is 28.6 Å². The second-order valence-electron chi connectivity index (χ2n) is 16.9. The highest BCUT2D eigenvalue weighted by atomic mass is 32.2. The second kappa shape index (κ2) is 17.5. The average Bonchev–Trinajstić information content (AvgIpc) is 3.58. The van der Waals surface area contributed by atoms with Crippen LogP contribution < -0.4 is 21.3 Å². The van der Waals surface area contributed by atoms with Gasteiger partial charge in [-0.1, -0.05) is 92.9 Å². The van der Waals surface area contributed by atoms with Gasteiger partial charge in [0, 0.05) is 38.1 Å². The Labute approximate surface area is 305 Å². The van der Waals surface area contributed by atoms with E-state index in [4.69, 9.17) is 0 Å². The fourth-order valence-electron chi connectivity index (χ4n) is 6.71. The van der Waals surface area contributed by atoms with E-state index in [1.165, 1.54) is 15.3 Å². The van der Waals surface area contributed by atoms with Crippen molar-refractivity contribution in [2.75, 3.05) is 31.9 Å². The zero-order valence-corrected chi connectivity index (χ0v) is 32.7. The first-order valence-corrected chi connectivity index (χ1v) is 20.0. The molecule has 0 aromatic rings. The van der Waals surface area contributed by atoms with E-state index in [9.17, 15) is 32.4 Å². The van der Waals surface area contributed by atoms with E-state index < -0.39 is 74.6 Å². The van der Waals surface area contributed by atoms with Crippen molar-refractivity contribution in [1.29, 1.82) is 0 Å². The minimum atomic E-state index is -3.40. The molecule has 2 unspecified atom stereocenters. The SMILES string of the molecule is C=CCNC(=O)C(=O)C(CC1CCC1)NC(=O)[C@@H]1C(/C=C/C(C)C)CCN1C(=O)[C@@H](NC(=O)N[C@H](CN1CCCS1(=O)=O)C(C)(C)C)C(C)(C)C. The Morgan fingerprint density at radius 1 is 0.902 bits per heavy atom. The van der Waals surface area contributed by atoms with Crippen LogP contribution in [0.1, 0.15) is 93.9 Å². The normalized spacial score (nSPS) is 23.0. The molecule has 51 heavy (non-hydrogen) atoms. The number of ketones is 1. The number of rotatable bonds is 15. The summed E-state index contributed by atoms with van der Waals surface area (Å²) in [5.41, 5.74) is -1.27. The minimum absolute atomic E-state index is 0.0760. The van der Waals surface area contributed by atoms with Gasteiger partial charge in [-0.2, -0.15) is 4.31 Å². The number of carbonyl (C=O) groups excluding carboxylic acids is 5. The number of likely N-dealkylation sites (tertiary alicyclic amines) is 1. The number of allylic oxidation sites excluding steroid dienone is 1. The van der Waals surface area contributed by atoms with Crippen LogP contribution in [0.25, 0.3) is 0 Å². The maximum absolute atomic E-state index is 14.5. The number of nitrogens with zero attached hydrogens (tertiary/aromatic N) is 2. The molecule has 0 aromatic carbocycles. The van der Waals surface area contributed by atoms with Gasteiger partial charge in [0.2, 0.25) is 27.6 Å². The van der Waals surface area contributed by atoms with Crippen LogP contribution in [-0.4, -0.2) is 103 Å². The number of hydrogen-bond acceptors (Lipinski definition) is 7. The molecule has 2 saturated heterocycles. The van der Waals surface area contributed by atoms with Crippen LogP contribution in [0.15, 0.2) is 24.8 Å². The van der Waals surface area contributed by atoms with Gasteiger partial charge >= 0.3 is 6.03 Å². The first-order chi connectivity index (χ1) is 23.6. The standard InChI is InChI=1S/C37H62N6O7S/c1-10-18-38-33(46)30(44)27(22-25-13-11-14-25)39-32(45)29-26(16-15-24(2)3)17-20-43(29)34(47)31(37(7,8)9)41-35(48)40-28(36(4,5)6)23-42-19-12-21-51(42,49)50/h10,15-16,24-29,31H,1,11-14,17-23H2,2-9H3,(H,38,46)(H,39,45)(H2,40,41,48)/b16-15+/t26?,27?,28-,29+,31-/m1/s1. The number of hydrogen-bond donors (Lipinski definition) is 4. The van der Waals surface area contributed by atoms with Crippen molar-refractivity contribution >= 4 is 39.6 Å². The Morgan fingerprint density at radius 2 is 1.57 bits per heavy atom. The molecule has 3 aliphatic rings. The van der Waals surface area contributed by atoms with Crippen LogP contribution in [-0.2, 0) is 29.2 Å². The summed E-state index contributed by atoms with van der Waals surface area (Å²) < 4.78 is 26.5. The topological polar surface area (TPSA) is 174 Å². The fourth-order valence-corrected chi connectivity index (χ4v) is 8.24. The third kappa shape index (κ3) is 11.6. The largest absolute Gasteiger partial charge is 0.346 e. The highest BCUT2D eigenvalue weighted by molar-refractivity contribution is 7.89. The fraction of sp³-hybridized carbons (Fsp3) is 0.757. The molecule has 1 saturated carbocycles. The Morgan fingerprint density at radius 3 is 2.08 bits per heavy atom. The van der Waals surface area contributed by atoms with Gasteiger partial charge in [0.05, 0.1) is 11.8 Å². The minimum Gasteiger partial charge on any atom is -0.346 e. The van der Waals surface area contributed by atoms with Crippen LogP contribution in [0.5, 0.6) is 0 Å². The molecule has 13 nitrogen and oxygen atoms in total. The first kappa shape index (κ1) is 42.2. The lowest BCUT2D eigenvalue weighted by molar-refractivity contribution is -0.144. The molecule has 14 heteroatoms. The predicted octanol–water partition coefficient (Wildman–Crippen LogP) is 3.13. The number of carbonyl (C=O) groups is 5. The molecule has 1 aliphatic carbocycles. The summed E-state index contributed by atoms with van der Waals surface area (Å²) in [6.45, 7) is 19.7. The highest BCUT2D eigenvalue weighted by Crippen LogP contribution is 2.33. The molecule has 3 fully saturated rings. The Kier molecular flexibility index (Phi) is 14.5. The summed E-state index contributed by atoms with van der Waals surface area (Å²) in [5, 5.41) is 11.2. The van der Waals surface area contributed by atoms with Crippen LogP contribution in [0.4, 0.5) is 4.79 Å². The summed E-state index contributed by atoms with van der Waals surface area (Å²) in [4.78, 5) is 69.9. The van der Waals surface area contributed by atoms with Gasteiger partial charge in [-0.15, -0.1) is 6.58 Å². The highest BCUT2D eigenvalue weighted by Gasteiger charge is 2.47. The molecular formula is C37H62N6O7S. The van der Waals surface area contributed by atoms with E-state index in [0.29, 0.717) is 25.8 Å². The lowest BCUT2D eigenvalue weighted by atomic mass is 9.80. The summed E-state index contributed by atoms with van der Waals surface area (Å²) >= 11 is 0.